The maximum Gasteiger partial charge on any atom is 0.220 e. The SMILES string of the molecule is CCN(CC)CCNC(=O)CCC(C)=O. The van der Waals surface area contributed by atoms with E-state index in [1.54, 1.807) is 0 Å². The van der Waals surface area contributed by atoms with Gasteiger partial charge in [-0.25, -0.2) is 0 Å². The van der Waals surface area contributed by atoms with Crippen molar-refractivity contribution in [3.8, 4) is 0 Å². The van der Waals surface area contributed by atoms with Crippen LogP contribution in [0.25, 0.3) is 0 Å². The number of hydrogen-bond donors (Lipinski definition) is 1. The van der Waals surface area contributed by atoms with E-state index in [1.807, 2.05) is 0 Å². The minimum atomic E-state index is -0.0302. The Morgan fingerprint density at radius 3 is 2.20 bits per heavy atom. The normalized spacial score (nSPS) is 10.4. The first-order chi connectivity index (χ1) is 7.10. The van der Waals surface area contributed by atoms with Crippen LogP contribution >= 0.6 is 0 Å². The minimum Gasteiger partial charge on any atom is -0.355 e. The molecule has 1 N–H and O–H groups in total. The molecule has 0 aromatic rings. The lowest BCUT2D eigenvalue weighted by Crippen LogP contribution is -2.34. The van der Waals surface area contributed by atoms with Crippen LogP contribution in [0.1, 0.15) is 33.6 Å². The number of rotatable bonds is 8. The molecule has 0 unspecified atom stereocenters. The van der Waals surface area contributed by atoms with Crippen LogP contribution < -0.4 is 5.32 Å². The molecule has 0 radical (unpaired) electrons. The highest BCUT2D eigenvalue weighted by atomic mass is 16.2. The van der Waals surface area contributed by atoms with Crippen molar-refractivity contribution in [2.24, 2.45) is 0 Å². The highest BCUT2D eigenvalue weighted by Crippen LogP contribution is 1.90. The summed E-state index contributed by atoms with van der Waals surface area (Å²) in [4.78, 5) is 24.1. The van der Waals surface area contributed by atoms with Crippen molar-refractivity contribution < 1.29 is 9.59 Å². The summed E-state index contributed by atoms with van der Waals surface area (Å²) in [7, 11) is 0. The molecular formula is C11H22N2O2. The van der Waals surface area contributed by atoms with Crippen LogP contribution in [0.5, 0.6) is 0 Å². The average molecular weight is 214 g/mol. The molecule has 0 aliphatic rings. The fourth-order valence-electron chi connectivity index (χ4n) is 1.27. The molecule has 1 amide bonds. The number of carbonyl (C=O) groups excluding carboxylic acids is 2. The molecule has 0 heterocycles. The van der Waals surface area contributed by atoms with E-state index < -0.39 is 0 Å². The fraction of sp³-hybridized carbons (Fsp3) is 0.818. The number of nitrogens with zero attached hydrogens (tertiary/aromatic N) is 1. The molecule has 15 heavy (non-hydrogen) atoms. The third-order valence-electron chi connectivity index (χ3n) is 2.35. The van der Waals surface area contributed by atoms with Crippen LogP contribution in [0.3, 0.4) is 0 Å². The van der Waals surface area contributed by atoms with Gasteiger partial charge in [0.15, 0.2) is 0 Å². The fourth-order valence-corrected chi connectivity index (χ4v) is 1.27. The van der Waals surface area contributed by atoms with Crippen molar-refractivity contribution in [2.45, 2.75) is 33.6 Å². The molecule has 0 atom stereocenters. The van der Waals surface area contributed by atoms with Crippen molar-refractivity contribution in [3.63, 3.8) is 0 Å². The Morgan fingerprint density at radius 2 is 1.73 bits per heavy atom. The quantitative estimate of drug-likeness (QED) is 0.650. The third kappa shape index (κ3) is 8.12. The third-order valence-corrected chi connectivity index (χ3v) is 2.35. The Labute approximate surface area is 92.0 Å². The van der Waals surface area contributed by atoms with Crippen molar-refractivity contribution in [2.75, 3.05) is 26.2 Å². The van der Waals surface area contributed by atoms with Gasteiger partial charge in [0.1, 0.15) is 5.78 Å². The predicted octanol–water partition coefficient (Wildman–Crippen LogP) is 0.814. The molecule has 0 aliphatic carbocycles. The molecule has 0 spiro atoms. The zero-order chi connectivity index (χ0) is 11.7. The second-order valence-electron chi connectivity index (χ2n) is 3.58. The summed E-state index contributed by atoms with van der Waals surface area (Å²) in [6.07, 6.45) is 0.657. The smallest absolute Gasteiger partial charge is 0.220 e. The van der Waals surface area contributed by atoms with Crippen LogP contribution in [0.15, 0.2) is 0 Å². The number of Topliss-reactive ketones (excluding diaryl/α,β-unsaturated/α-hetero) is 1. The van der Waals surface area contributed by atoms with Gasteiger partial charge in [-0.3, -0.25) is 4.79 Å². The van der Waals surface area contributed by atoms with E-state index in [4.69, 9.17) is 0 Å². The summed E-state index contributed by atoms with van der Waals surface area (Å²) in [6, 6.07) is 0. The largest absolute Gasteiger partial charge is 0.355 e. The van der Waals surface area contributed by atoms with Crippen LogP contribution in [-0.4, -0.2) is 42.8 Å². The maximum absolute atomic E-state index is 11.2. The van der Waals surface area contributed by atoms with Crippen LogP contribution in [0.2, 0.25) is 0 Å². The Morgan fingerprint density at radius 1 is 1.13 bits per heavy atom. The first kappa shape index (κ1) is 14.1. The summed E-state index contributed by atoms with van der Waals surface area (Å²) in [6.45, 7) is 9.24. The molecule has 0 fully saturated rings. The summed E-state index contributed by atoms with van der Waals surface area (Å²) >= 11 is 0. The lowest BCUT2D eigenvalue weighted by Gasteiger charge is -2.17. The molecule has 0 saturated heterocycles. The van der Waals surface area contributed by atoms with Crippen LogP contribution in [0, 0.1) is 0 Å². The number of carbonyl (C=O) groups is 2. The lowest BCUT2D eigenvalue weighted by molar-refractivity contribution is -0.124. The molecule has 0 aromatic heterocycles. The van der Waals surface area contributed by atoms with E-state index in [9.17, 15) is 9.59 Å². The van der Waals surface area contributed by atoms with E-state index in [-0.39, 0.29) is 11.7 Å². The van der Waals surface area contributed by atoms with E-state index in [1.165, 1.54) is 6.92 Å². The van der Waals surface area contributed by atoms with Gasteiger partial charge in [-0.15, -0.1) is 0 Å². The van der Waals surface area contributed by atoms with Gasteiger partial charge in [0, 0.05) is 25.9 Å². The molecule has 4 heteroatoms. The topological polar surface area (TPSA) is 49.4 Å². The standard InChI is InChI=1S/C11H22N2O2/c1-4-13(5-2)9-8-12-11(15)7-6-10(3)14/h4-9H2,1-3H3,(H,12,15). The Balaban J connectivity index is 3.49. The monoisotopic (exact) mass is 214 g/mol. The number of hydrogen-bond acceptors (Lipinski definition) is 3. The average Bonchev–Trinajstić information content (AvgIpc) is 2.21. The first-order valence-corrected chi connectivity index (χ1v) is 5.58. The zero-order valence-corrected chi connectivity index (χ0v) is 10.0. The highest BCUT2D eigenvalue weighted by Gasteiger charge is 2.03. The summed E-state index contributed by atoms with van der Waals surface area (Å²) in [5.74, 6) is 0.0336. The van der Waals surface area contributed by atoms with E-state index in [2.05, 4.69) is 24.1 Å². The van der Waals surface area contributed by atoms with E-state index in [0.29, 0.717) is 19.4 Å². The molecule has 0 saturated carbocycles. The molecule has 0 rings (SSSR count). The van der Waals surface area contributed by atoms with E-state index in [0.717, 1.165) is 19.6 Å². The Hall–Kier alpha value is -0.900. The Kier molecular flexibility index (Phi) is 7.91. The zero-order valence-electron chi connectivity index (χ0n) is 10.0. The number of nitrogens with one attached hydrogen (secondary N) is 1. The minimum absolute atomic E-state index is 0.0302. The summed E-state index contributed by atoms with van der Waals surface area (Å²) in [5, 5.41) is 2.80. The van der Waals surface area contributed by atoms with E-state index >= 15 is 0 Å². The lowest BCUT2D eigenvalue weighted by atomic mass is 10.2. The second kappa shape index (κ2) is 8.41. The highest BCUT2D eigenvalue weighted by molar-refractivity contribution is 5.83. The van der Waals surface area contributed by atoms with Gasteiger partial charge in [-0.2, -0.15) is 0 Å². The molecule has 0 aliphatic heterocycles. The van der Waals surface area contributed by atoms with Gasteiger partial charge >= 0.3 is 0 Å². The van der Waals surface area contributed by atoms with Crippen molar-refractivity contribution >= 4 is 11.7 Å². The first-order valence-electron chi connectivity index (χ1n) is 5.58. The van der Waals surface area contributed by atoms with Crippen molar-refractivity contribution in [3.05, 3.63) is 0 Å². The number of likely N-dealkylation sites (N-methyl/N-ethyl adjacent to an activating group) is 1. The van der Waals surface area contributed by atoms with Crippen LogP contribution in [0.4, 0.5) is 0 Å². The van der Waals surface area contributed by atoms with Gasteiger partial charge in [-0.1, -0.05) is 13.8 Å². The van der Waals surface area contributed by atoms with Gasteiger partial charge in [0.2, 0.25) is 5.91 Å². The van der Waals surface area contributed by atoms with Gasteiger partial charge in [-0.05, 0) is 20.0 Å². The summed E-state index contributed by atoms with van der Waals surface area (Å²) in [5.41, 5.74) is 0. The predicted molar refractivity (Wildman–Crippen MR) is 60.7 cm³/mol. The molecule has 4 nitrogen and oxygen atoms in total. The number of amides is 1. The molecular weight excluding hydrogens is 192 g/mol. The molecule has 0 aromatic carbocycles. The van der Waals surface area contributed by atoms with Crippen molar-refractivity contribution in [1.29, 1.82) is 0 Å². The Bertz CT molecular complexity index is 201. The summed E-state index contributed by atoms with van der Waals surface area (Å²) < 4.78 is 0. The molecule has 0 bridgehead atoms. The number of ketones is 1. The van der Waals surface area contributed by atoms with Gasteiger partial charge in [0.25, 0.3) is 0 Å². The van der Waals surface area contributed by atoms with Crippen LogP contribution in [-0.2, 0) is 9.59 Å². The van der Waals surface area contributed by atoms with Gasteiger partial charge in [0.05, 0.1) is 0 Å². The maximum atomic E-state index is 11.2. The molecule has 88 valence electrons. The van der Waals surface area contributed by atoms with Crippen molar-refractivity contribution in [1.82, 2.24) is 10.2 Å². The second-order valence-corrected chi connectivity index (χ2v) is 3.58. The van der Waals surface area contributed by atoms with Gasteiger partial charge < -0.3 is 15.0 Å².